The molecule has 2 N–H and O–H groups in total. The monoisotopic (exact) mass is 959 g/mol. The maximum Gasteiger partial charge on any atom is 0.323 e. The average molecular weight is 960 g/mol. The maximum atomic E-state index is 13.3. The molecule has 348 valence electrons. The van der Waals surface area contributed by atoms with Gasteiger partial charge in [0.25, 0.3) is 11.5 Å². The van der Waals surface area contributed by atoms with Gasteiger partial charge in [-0.25, -0.2) is 0 Å². The zero-order valence-corrected chi connectivity index (χ0v) is 41.5. The van der Waals surface area contributed by atoms with Crippen LogP contribution in [0.1, 0.15) is 87.5 Å². The Morgan fingerprint density at radius 2 is 1.74 bits per heavy atom. The molecule has 3 aromatic rings. The third kappa shape index (κ3) is 15.7. The Hall–Kier alpha value is -5.28. The van der Waals surface area contributed by atoms with E-state index in [0.29, 0.717) is 38.4 Å². The minimum absolute atomic E-state index is 0.201. The lowest BCUT2D eigenvalue weighted by atomic mass is 9.96. The molecule has 2 unspecified atom stereocenters. The maximum absolute atomic E-state index is 13.3. The summed E-state index contributed by atoms with van der Waals surface area (Å²) >= 11 is 9.04. The van der Waals surface area contributed by atoms with Crippen molar-refractivity contribution in [3.63, 3.8) is 0 Å². The summed E-state index contributed by atoms with van der Waals surface area (Å²) in [5, 5.41) is 18.0. The number of aromatic nitrogens is 1. The second kappa shape index (κ2) is 29.3. The van der Waals surface area contributed by atoms with E-state index in [1.165, 1.54) is 38.4 Å². The van der Waals surface area contributed by atoms with Gasteiger partial charge in [-0.05, 0) is 105 Å². The summed E-state index contributed by atoms with van der Waals surface area (Å²) in [6, 6.07) is 12.8. The fourth-order valence-corrected chi connectivity index (χ4v) is 10.6. The molecule has 2 atom stereocenters. The summed E-state index contributed by atoms with van der Waals surface area (Å²) in [7, 11) is 2.08. The van der Waals surface area contributed by atoms with E-state index in [1.54, 1.807) is 18.8 Å². The number of thiazole rings is 1. The van der Waals surface area contributed by atoms with E-state index in [-0.39, 0.29) is 17.2 Å². The van der Waals surface area contributed by atoms with Crippen LogP contribution in [0.3, 0.4) is 0 Å². The van der Waals surface area contributed by atoms with Crippen LogP contribution in [0.15, 0.2) is 127 Å². The number of carbonyl (C=O) groups is 3. The molecule has 3 heterocycles. The van der Waals surface area contributed by atoms with Crippen LogP contribution in [0.4, 0.5) is 10.1 Å². The first-order valence-corrected chi connectivity index (χ1v) is 24.1. The molecule has 65 heavy (non-hydrogen) atoms. The van der Waals surface area contributed by atoms with Crippen molar-refractivity contribution >= 4 is 92.0 Å². The third-order valence-corrected chi connectivity index (χ3v) is 13.8. The van der Waals surface area contributed by atoms with Crippen molar-refractivity contribution < 1.29 is 29.0 Å². The topological polar surface area (TPSA) is 120 Å². The van der Waals surface area contributed by atoms with Crippen LogP contribution in [-0.4, -0.2) is 67.9 Å². The molecule has 0 radical (unpaired) electrons. The Morgan fingerprint density at radius 3 is 2.31 bits per heavy atom. The molecule has 1 saturated carbocycles. The number of alkyl halides is 1. The molecule has 2 aromatic carbocycles. The predicted octanol–water partition coefficient (Wildman–Crippen LogP) is 11.0. The smallest absolute Gasteiger partial charge is 0.323 e. The van der Waals surface area contributed by atoms with Crippen LogP contribution in [0.2, 0.25) is 0 Å². The highest BCUT2D eigenvalue weighted by atomic mass is 32.2. The highest BCUT2D eigenvalue weighted by Crippen LogP contribution is 2.51. The molecule has 1 aromatic heterocycles. The number of amides is 1. The molecule has 3 aliphatic rings. The molecule has 6 rings (SSSR count). The van der Waals surface area contributed by atoms with E-state index in [2.05, 4.69) is 80.6 Å². The fraction of sp³-hybridized carbons (Fsp3) is 0.314. The number of fused-ring (bicyclic) bond motifs is 3. The molecule has 2 aliphatic heterocycles. The number of carboxylic acid groups (broad SMARTS) is 2. The number of thiocarbonyl (C=S) groups is 1. The minimum atomic E-state index is -1.15. The highest BCUT2D eigenvalue weighted by Gasteiger charge is 2.42. The lowest BCUT2D eigenvalue weighted by molar-refractivity contribution is -0.138. The number of hydrogen-bond donors (Lipinski definition) is 2. The molecule has 14 heteroatoms. The second-order valence-corrected chi connectivity index (χ2v) is 18.1. The van der Waals surface area contributed by atoms with Gasteiger partial charge < -0.3 is 15.1 Å². The van der Waals surface area contributed by atoms with Crippen LogP contribution in [0, 0.1) is 6.92 Å². The summed E-state index contributed by atoms with van der Waals surface area (Å²) in [5.41, 5.74) is 6.49. The number of benzene rings is 2. The van der Waals surface area contributed by atoms with Crippen LogP contribution in [0.25, 0.3) is 17.1 Å². The summed E-state index contributed by atoms with van der Waals surface area (Å²) in [6.45, 7) is 21.0. The van der Waals surface area contributed by atoms with E-state index in [9.17, 15) is 28.7 Å². The second-order valence-electron chi connectivity index (χ2n) is 14.3. The third-order valence-electron chi connectivity index (χ3n) is 9.99. The number of carboxylic acids is 2. The normalized spacial score (nSPS) is 17.4. The number of carbonyl (C=O) groups excluding carboxylic acids is 1. The summed E-state index contributed by atoms with van der Waals surface area (Å²) < 4.78 is 11.8. The number of aryl methyl sites for hydroxylation is 1. The van der Waals surface area contributed by atoms with Gasteiger partial charge in [0.15, 0.2) is 0 Å². The summed E-state index contributed by atoms with van der Waals surface area (Å²) in [4.78, 5) is 53.2. The highest BCUT2D eigenvalue weighted by molar-refractivity contribution is 8.30. The van der Waals surface area contributed by atoms with Crippen LogP contribution >= 0.6 is 47.1 Å². The lowest BCUT2D eigenvalue weighted by Gasteiger charge is -2.28. The molecule has 0 bridgehead atoms. The predicted molar refractivity (Wildman–Crippen MR) is 279 cm³/mol. The van der Waals surface area contributed by atoms with Gasteiger partial charge in [-0.1, -0.05) is 105 Å². The Balaban J connectivity index is 0.000000442. The van der Waals surface area contributed by atoms with Crippen molar-refractivity contribution in [3.8, 4) is 0 Å². The van der Waals surface area contributed by atoms with Gasteiger partial charge in [-0.15, -0.1) is 42.8 Å². The Bertz CT molecular complexity index is 2470. The molecule has 1 aliphatic carbocycles. The van der Waals surface area contributed by atoms with E-state index in [4.69, 9.17) is 17.3 Å². The molecule has 1 saturated heterocycles. The van der Waals surface area contributed by atoms with Crippen molar-refractivity contribution in [2.24, 2.45) is 0 Å². The first-order chi connectivity index (χ1) is 31.3. The van der Waals surface area contributed by atoms with Gasteiger partial charge in [0.1, 0.15) is 20.4 Å². The first-order valence-electron chi connectivity index (χ1n) is 21.1. The van der Waals surface area contributed by atoms with Gasteiger partial charge in [0.2, 0.25) is 0 Å². The van der Waals surface area contributed by atoms with Crippen molar-refractivity contribution in [3.05, 3.63) is 159 Å². The van der Waals surface area contributed by atoms with Crippen LogP contribution in [0.5, 0.6) is 0 Å². The van der Waals surface area contributed by atoms with Gasteiger partial charge >= 0.3 is 11.9 Å². The molecular weight excluding hydrogens is 898 g/mol. The number of hydrogen-bond acceptors (Lipinski definition) is 9. The van der Waals surface area contributed by atoms with Gasteiger partial charge in [0, 0.05) is 41.0 Å². The number of aliphatic carboxylic acids is 2. The SMILES string of the molecule is C/C=C\C(=C/CC)N1c2ccc(/C=c3\s/c(=C4/SC(=S)N(C)C4=O)n(CC(=O)O)c3=O)cc2C2CCCC21.C=C.C=CC/C=C\C=C/C.C=Cc1ccc(SCCC(=O)O)cc1C.CF. The van der Waals surface area contributed by atoms with E-state index in [0.717, 1.165) is 64.8 Å². The molecule has 2 fully saturated rings. The molecule has 1 amide bonds. The minimum Gasteiger partial charge on any atom is -0.481 e. The Morgan fingerprint density at radius 1 is 1.02 bits per heavy atom. The van der Waals surface area contributed by atoms with E-state index < -0.39 is 24.0 Å². The van der Waals surface area contributed by atoms with Crippen molar-refractivity contribution in [1.82, 2.24) is 9.47 Å². The quantitative estimate of drug-likeness (QED) is 0.0699. The first kappa shape index (κ1) is 55.9. The lowest BCUT2D eigenvalue weighted by Crippen LogP contribution is -2.35. The number of anilines is 1. The fourth-order valence-electron chi connectivity index (χ4n) is 7.20. The number of halogens is 1. The zero-order chi connectivity index (χ0) is 48.6. The number of thioether (sulfide) groups is 2. The number of rotatable bonds is 14. The van der Waals surface area contributed by atoms with Gasteiger partial charge in [0.05, 0.1) is 18.1 Å². The standard InChI is InChI=1S/C28H29N3O4S3.C12H14O2S.C8H12.C2H4.CH3F/c1-4-7-17(8-5-2)31-20-10-6-9-18(20)19-13-16(11-12-21(19)31)14-22-25(34)30(15-23(32)33)27(37-22)24-26(35)29(3)28(36)38-24;1-3-10-4-5-11(8-9(10)2)15-7-6-12(13)14;1-3-5-7-8-6-4-2;2*1-2/h4,7-8,11-14,18,20H,5-6,9-10,15H2,1-3H3,(H,32,33);3-5,8H,1,6-7H2,2H3,(H,13,14);3-4,6-8H,1,5H2,2H3;1-2H2;1H3/b7-4-,17-8+,22-14-,27-24+;;6-4-,8-7-;;. The summed E-state index contributed by atoms with van der Waals surface area (Å²) in [6.07, 6.45) is 25.7. The Labute approximate surface area is 401 Å². The number of nitrogens with zero attached hydrogens (tertiary/aromatic N) is 3. The van der Waals surface area contributed by atoms with Crippen molar-refractivity contribution in [2.75, 3.05) is 24.9 Å². The van der Waals surface area contributed by atoms with E-state index >= 15 is 0 Å². The van der Waals surface area contributed by atoms with Crippen molar-refractivity contribution in [2.45, 2.75) is 89.6 Å². The Kier molecular flexibility index (Phi) is 25.2. The zero-order valence-electron chi connectivity index (χ0n) is 38.3. The number of allylic oxidation sites excluding steroid dienone is 8. The van der Waals surface area contributed by atoms with Crippen LogP contribution in [-0.2, 0) is 20.9 Å². The van der Waals surface area contributed by atoms with Gasteiger partial charge in [-0.2, -0.15) is 0 Å². The van der Waals surface area contributed by atoms with E-state index in [1.807, 2.05) is 75.4 Å². The molecular formula is C51H62FN3O6S4. The van der Waals surface area contributed by atoms with Crippen LogP contribution < -0.4 is 19.7 Å². The summed E-state index contributed by atoms with van der Waals surface area (Å²) in [5.74, 6) is -1.17. The van der Waals surface area contributed by atoms with Crippen molar-refractivity contribution in [1.29, 1.82) is 0 Å². The largest absolute Gasteiger partial charge is 0.481 e. The average Bonchev–Trinajstić information content (AvgIpc) is 4.03. The molecule has 0 spiro atoms. The van der Waals surface area contributed by atoms with Gasteiger partial charge in [-0.3, -0.25) is 33.0 Å². The molecule has 9 nitrogen and oxygen atoms in total.